The molecule has 0 atom stereocenters. The first-order valence-electron chi connectivity index (χ1n) is 11.8. The lowest BCUT2D eigenvalue weighted by atomic mass is 10.0. The highest BCUT2D eigenvalue weighted by Crippen LogP contribution is 2.25. The number of hydrogen-bond acceptors (Lipinski definition) is 5. The van der Waals surface area contributed by atoms with Gasteiger partial charge in [-0.15, -0.1) is 0 Å². The summed E-state index contributed by atoms with van der Waals surface area (Å²) >= 11 is 0. The van der Waals surface area contributed by atoms with Gasteiger partial charge in [0.15, 0.2) is 0 Å². The van der Waals surface area contributed by atoms with Crippen molar-refractivity contribution in [3.63, 3.8) is 0 Å². The standard InChI is InChI=1S/C27H30N2O5/c1-19(2)29(27(32)22-11-9-21(10-12-22)24-8-5-13-33-24)16-23-6-3-4-7-25(23)34-18-20-14-28(15-20)17-26(30)31/h3-13,19-20H,14-18H2,1-2H3,(H,30,31)/i19D. The number of nitrogens with zero attached hydrogens (tertiary/aromatic N) is 2. The number of furan rings is 1. The molecule has 34 heavy (non-hydrogen) atoms. The molecular weight excluding hydrogens is 432 g/mol. The van der Waals surface area contributed by atoms with Crippen LogP contribution in [0.4, 0.5) is 0 Å². The number of para-hydroxylation sites is 1. The molecular formula is C27H30N2O5. The van der Waals surface area contributed by atoms with Crippen molar-refractivity contribution < 1.29 is 25.2 Å². The number of amides is 1. The molecule has 1 aromatic heterocycles. The molecule has 1 N–H and O–H groups in total. The Morgan fingerprint density at radius 2 is 1.88 bits per heavy atom. The van der Waals surface area contributed by atoms with Crippen LogP contribution in [0, 0.1) is 5.92 Å². The predicted octanol–water partition coefficient (Wildman–Crippen LogP) is 4.39. The Labute approximate surface area is 201 Å². The number of carbonyl (C=O) groups excluding carboxylic acids is 1. The van der Waals surface area contributed by atoms with Gasteiger partial charge in [-0.3, -0.25) is 14.5 Å². The first-order valence-corrected chi connectivity index (χ1v) is 11.3. The summed E-state index contributed by atoms with van der Waals surface area (Å²) in [7, 11) is 0. The largest absolute Gasteiger partial charge is 0.493 e. The van der Waals surface area contributed by atoms with Crippen molar-refractivity contribution in [1.82, 2.24) is 9.80 Å². The topological polar surface area (TPSA) is 83.2 Å². The van der Waals surface area contributed by atoms with Crippen molar-refractivity contribution >= 4 is 11.9 Å². The summed E-state index contributed by atoms with van der Waals surface area (Å²) in [5.41, 5.74) is 2.18. The summed E-state index contributed by atoms with van der Waals surface area (Å²) in [5, 5.41) is 8.89. The summed E-state index contributed by atoms with van der Waals surface area (Å²) in [5.74, 6) is 0.590. The van der Waals surface area contributed by atoms with Crippen LogP contribution < -0.4 is 4.74 Å². The van der Waals surface area contributed by atoms with Crippen LogP contribution in [0.3, 0.4) is 0 Å². The van der Waals surface area contributed by atoms with Crippen LogP contribution in [0.15, 0.2) is 71.3 Å². The molecule has 4 rings (SSSR count). The number of benzene rings is 2. The average molecular weight is 464 g/mol. The van der Waals surface area contributed by atoms with Gasteiger partial charge in [0.05, 0.1) is 20.8 Å². The Balaban J connectivity index is 1.45. The monoisotopic (exact) mass is 463 g/mol. The first kappa shape index (κ1) is 22.2. The Hall–Kier alpha value is -3.58. The number of ether oxygens (including phenoxy) is 1. The van der Waals surface area contributed by atoms with E-state index in [-0.39, 0.29) is 24.9 Å². The third-order valence-corrected chi connectivity index (χ3v) is 5.89. The molecule has 1 amide bonds. The molecule has 0 radical (unpaired) electrons. The van der Waals surface area contributed by atoms with E-state index in [4.69, 9.17) is 15.6 Å². The van der Waals surface area contributed by atoms with E-state index in [2.05, 4.69) is 0 Å². The second-order valence-corrected chi connectivity index (χ2v) is 8.77. The molecule has 7 heteroatoms. The van der Waals surface area contributed by atoms with Gasteiger partial charge in [0.2, 0.25) is 0 Å². The maximum atomic E-state index is 13.4. The maximum absolute atomic E-state index is 13.4. The number of aliphatic carboxylic acids is 1. The summed E-state index contributed by atoms with van der Waals surface area (Å²) < 4.78 is 20.1. The van der Waals surface area contributed by atoms with Gasteiger partial charge in [-0.2, -0.15) is 0 Å². The molecule has 1 aliphatic heterocycles. The summed E-state index contributed by atoms with van der Waals surface area (Å²) in [6.07, 6.45) is 1.61. The van der Waals surface area contributed by atoms with Gasteiger partial charge >= 0.3 is 5.97 Å². The Kier molecular flexibility index (Phi) is 6.91. The number of carbonyl (C=O) groups is 2. The maximum Gasteiger partial charge on any atom is 0.317 e. The van der Waals surface area contributed by atoms with Crippen LogP contribution in [0.25, 0.3) is 11.3 Å². The highest BCUT2D eigenvalue weighted by Gasteiger charge is 2.29. The highest BCUT2D eigenvalue weighted by atomic mass is 16.5. The van der Waals surface area contributed by atoms with Crippen molar-refractivity contribution in [2.45, 2.75) is 26.4 Å². The summed E-state index contributed by atoms with van der Waals surface area (Å²) in [4.78, 5) is 27.6. The Morgan fingerprint density at radius 1 is 1.15 bits per heavy atom. The molecule has 0 unspecified atom stereocenters. The molecule has 2 aromatic carbocycles. The number of likely N-dealkylation sites (tertiary alicyclic amines) is 1. The lowest BCUT2D eigenvalue weighted by Gasteiger charge is -2.38. The highest BCUT2D eigenvalue weighted by molar-refractivity contribution is 5.94. The predicted molar refractivity (Wildman–Crippen MR) is 129 cm³/mol. The second kappa shape index (κ2) is 10.6. The second-order valence-electron chi connectivity index (χ2n) is 8.77. The minimum atomic E-state index is -1.16. The van der Waals surface area contributed by atoms with Gasteiger partial charge in [-0.05, 0) is 44.2 Å². The third-order valence-electron chi connectivity index (χ3n) is 5.89. The number of rotatable bonds is 10. The molecule has 0 aliphatic carbocycles. The van der Waals surface area contributed by atoms with Gasteiger partial charge in [0.25, 0.3) is 5.91 Å². The van der Waals surface area contributed by atoms with Crippen LogP contribution in [-0.4, -0.2) is 59.0 Å². The zero-order valence-corrected chi connectivity index (χ0v) is 19.4. The molecule has 0 spiro atoms. The summed E-state index contributed by atoms with van der Waals surface area (Å²) in [6, 6.07) is 17.2. The smallest absolute Gasteiger partial charge is 0.317 e. The molecule has 7 nitrogen and oxygen atoms in total. The molecule has 1 aliphatic rings. The third kappa shape index (κ3) is 5.66. The normalized spacial score (nSPS) is 14.8. The van der Waals surface area contributed by atoms with Crippen molar-refractivity contribution in [2.75, 3.05) is 26.2 Å². The molecule has 2 heterocycles. The zero-order chi connectivity index (χ0) is 25.0. The molecule has 0 saturated carbocycles. The van der Waals surface area contributed by atoms with E-state index >= 15 is 0 Å². The lowest BCUT2D eigenvalue weighted by Crippen LogP contribution is -2.51. The molecule has 178 valence electrons. The number of carboxylic acids is 1. The van der Waals surface area contributed by atoms with Crippen LogP contribution in [0.2, 0.25) is 0 Å². The van der Waals surface area contributed by atoms with E-state index in [1.165, 1.54) is 4.90 Å². The van der Waals surface area contributed by atoms with E-state index in [9.17, 15) is 9.59 Å². The molecule has 1 saturated heterocycles. The molecule has 3 aromatic rings. The van der Waals surface area contributed by atoms with Gasteiger partial charge in [-0.1, -0.05) is 30.3 Å². The fourth-order valence-electron chi connectivity index (χ4n) is 4.06. The van der Waals surface area contributed by atoms with E-state index < -0.39 is 12.0 Å². The van der Waals surface area contributed by atoms with E-state index in [0.717, 1.165) is 16.9 Å². The minimum Gasteiger partial charge on any atom is -0.493 e. The van der Waals surface area contributed by atoms with Gasteiger partial charge in [0, 0.05) is 48.3 Å². The van der Waals surface area contributed by atoms with Crippen molar-refractivity contribution in [3.05, 3.63) is 78.1 Å². The fourth-order valence-corrected chi connectivity index (χ4v) is 4.06. The van der Waals surface area contributed by atoms with Crippen LogP contribution in [0.1, 0.15) is 31.1 Å². The molecule has 0 bridgehead atoms. The van der Waals surface area contributed by atoms with Crippen LogP contribution in [0.5, 0.6) is 5.75 Å². The van der Waals surface area contributed by atoms with Crippen molar-refractivity contribution in [1.29, 1.82) is 0 Å². The number of hydrogen-bond donors (Lipinski definition) is 1. The molecule has 1 fully saturated rings. The summed E-state index contributed by atoms with van der Waals surface area (Å²) in [6.45, 7) is 5.50. The SMILES string of the molecule is [2H]C(C)(C)N(Cc1ccccc1OCC1CN(CC(=O)O)C1)C(=O)c1ccc(-c2ccco2)cc1. The van der Waals surface area contributed by atoms with Crippen molar-refractivity contribution in [2.24, 2.45) is 5.92 Å². The Morgan fingerprint density at radius 3 is 2.53 bits per heavy atom. The number of carboxylic acid groups (broad SMARTS) is 1. The minimum absolute atomic E-state index is 0.0469. The van der Waals surface area contributed by atoms with Crippen LogP contribution >= 0.6 is 0 Å². The zero-order valence-electron chi connectivity index (χ0n) is 20.4. The fraction of sp³-hybridized carbons (Fsp3) is 0.333. The van der Waals surface area contributed by atoms with Gasteiger partial charge in [0.1, 0.15) is 11.5 Å². The van der Waals surface area contributed by atoms with Gasteiger partial charge in [-0.25, -0.2) is 0 Å². The van der Waals surface area contributed by atoms with Crippen molar-refractivity contribution in [3.8, 4) is 17.1 Å². The van der Waals surface area contributed by atoms with E-state index in [1.807, 2.05) is 53.4 Å². The first-order chi connectivity index (χ1) is 16.7. The Bertz CT molecular complexity index is 1150. The lowest BCUT2D eigenvalue weighted by molar-refractivity contribution is -0.140. The average Bonchev–Trinajstić information content (AvgIpc) is 3.33. The van der Waals surface area contributed by atoms with Gasteiger partial charge < -0.3 is 19.2 Å². The van der Waals surface area contributed by atoms with E-state index in [0.29, 0.717) is 31.0 Å². The quantitative estimate of drug-likeness (QED) is 0.480. The van der Waals surface area contributed by atoms with E-state index in [1.54, 1.807) is 32.2 Å². The van der Waals surface area contributed by atoms with Crippen LogP contribution in [-0.2, 0) is 11.3 Å².